The van der Waals surface area contributed by atoms with Crippen molar-refractivity contribution in [1.29, 1.82) is 0 Å². The monoisotopic (exact) mass is 396 g/mol. The van der Waals surface area contributed by atoms with Crippen LogP contribution in [0, 0.1) is 12.3 Å². The number of hydrogen-bond donors (Lipinski definition) is 0. The zero-order valence-corrected chi connectivity index (χ0v) is 16.7. The topological polar surface area (TPSA) is 43.6 Å². The number of thiazole rings is 1. The van der Waals surface area contributed by atoms with Crippen molar-refractivity contribution < 1.29 is 9.53 Å². The summed E-state index contributed by atoms with van der Waals surface area (Å²) in [6.45, 7) is 0.406. The second-order valence-corrected chi connectivity index (χ2v) is 7.95. The first-order valence-electron chi connectivity index (χ1n) is 8.57. The number of rotatable bonds is 7. The van der Waals surface area contributed by atoms with Gasteiger partial charge in [-0.05, 0) is 48.6 Å². The molecule has 0 saturated carbocycles. The molecule has 0 N–H and O–H groups in total. The standard InChI is InChI=1S/C21H20N2O2S2/c1-3-14-23-18-7-4-5-8-19(18)27-21(23)22-20(24)9-6-15-26-17-12-10-16(25-2)11-13-17/h1,4-5,7-8,10-13H,6,9,14-15H2,2H3. The minimum absolute atomic E-state index is 0.109. The van der Waals surface area contributed by atoms with E-state index in [1.54, 1.807) is 18.9 Å². The molecule has 4 nitrogen and oxygen atoms in total. The van der Waals surface area contributed by atoms with Gasteiger partial charge in [-0.1, -0.05) is 29.4 Å². The average molecular weight is 397 g/mol. The van der Waals surface area contributed by atoms with E-state index in [0.717, 1.165) is 33.0 Å². The summed E-state index contributed by atoms with van der Waals surface area (Å²) < 4.78 is 8.15. The molecule has 2 aromatic carbocycles. The highest BCUT2D eigenvalue weighted by molar-refractivity contribution is 7.99. The maximum Gasteiger partial charge on any atom is 0.248 e. The number of hydrogen-bond acceptors (Lipinski definition) is 4. The number of thioether (sulfide) groups is 1. The largest absolute Gasteiger partial charge is 0.497 e. The summed E-state index contributed by atoms with van der Waals surface area (Å²) in [7, 11) is 1.65. The molecule has 1 aromatic heterocycles. The molecule has 138 valence electrons. The molecule has 0 radical (unpaired) electrons. The summed E-state index contributed by atoms with van der Waals surface area (Å²) in [5, 5.41) is 0. The number of fused-ring (bicyclic) bond motifs is 1. The van der Waals surface area contributed by atoms with Crippen LogP contribution in [-0.2, 0) is 11.3 Å². The van der Waals surface area contributed by atoms with E-state index in [9.17, 15) is 4.79 Å². The Bertz CT molecular complexity index is 1030. The summed E-state index contributed by atoms with van der Waals surface area (Å²) in [6, 6.07) is 15.9. The SMILES string of the molecule is C#CCn1c(=NC(=O)CCCSc2ccc(OC)cc2)sc2ccccc21. The Labute approximate surface area is 166 Å². The normalized spacial score (nSPS) is 11.5. The third kappa shape index (κ3) is 5.03. The Morgan fingerprint density at radius 3 is 2.78 bits per heavy atom. The van der Waals surface area contributed by atoms with Crippen LogP contribution in [0.15, 0.2) is 58.4 Å². The third-order valence-corrected chi connectivity index (χ3v) is 6.08. The minimum atomic E-state index is -0.109. The number of benzene rings is 2. The molecule has 0 aliphatic carbocycles. The fraction of sp³-hybridized carbons (Fsp3) is 0.238. The molecule has 0 spiro atoms. The molecule has 3 rings (SSSR count). The van der Waals surface area contributed by atoms with Gasteiger partial charge in [-0.3, -0.25) is 4.79 Å². The second kappa shape index (κ2) is 9.45. The number of para-hydroxylation sites is 1. The Morgan fingerprint density at radius 1 is 1.26 bits per heavy atom. The van der Waals surface area contributed by atoms with Crippen molar-refractivity contribution in [1.82, 2.24) is 4.57 Å². The molecule has 0 saturated heterocycles. The van der Waals surface area contributed by atoms with Crippen molar-refractivity contribution in [3.8, 4) is 18.1 Å². The van der Waals surface area contributed by atoms with Gasteiger partial charge in [0.1, 0.15) is 5.75 Å². The van der Waals surface area contributed by atoms with E-state index in [0.29, 0.717) is 17.8 Å². The number of ether oxygens (including phenoxy) is 1. The van der Waals surface area contributed by atoms with Crippen LogP contribution in [0.3, 0.4) is 0 Å². The number of carbonyl (C=O) groups excluding carboxylic acids is 1. The highest BCUT2D eigenvalue weighted by Gasteiger charge is 2.07. The van der Waals surface area contributed by atoms with Crippen LogP contribution in [0.25, 0.3) is 10.2 Å². The predicted octanol–water partition coefficient (Wildman–Crippen LogP) is 4.34. The Kier molecular flexibility index (Phi) is 6.74. The molecule has 3 aromatic rings. The summed E-state index contributed by atoms with van der Waals surface area (Å²) in [4.78, 5) is 18.4. The van der Waals surface area contributed by atoms with E-state index < -0.39 is 0 Å². The van der Waals surface area contributed by atoms with Gasteiger partial charge in [0.25, 0.3) is 0 Å². The number of carbonyl (C=O) groups is 1. The summed E-state index contributed by atoms with van der Waals surface area (Å²) in [5.74, 6) is 4.24. The molecule has 1 amide bonds. The fourth-order valence-corrected chi connectivity index (χ4v) is 4.50. The minimum Gasteiger partial charge on any atom is -0.497 e. The number of nitrogens with zero attached hydrogens (tertiary/aromatic N) is 2. The number of methoxy groups -OCH3 is 1. The van der Waals surface area contributed by atoms with Gasteiger partial charge in [0.05, 0.1) is 23.9 Å². The highest BCUT2D eigenvalue weighted by atomic mass is 32.2. The first-order chi connectivity index (χ1) is 13.2. The molecule has 6 heteroatoms. The van der Waals surface area contributed by atoms with Gasteiger partial charge in [0, 0.05) is 11.3 Å². The molecule has 0 fully saturated rings. The third-order valence-electron chi connectivity index (χ3n) is 3.92. The maximum absolute atomic E-state index is 12.3. The lowest BCUT2D eigenvalue weighted by molar-refractivity contribution is -0.118. The molecular formula is C21H20N2O2S2. The van der Waals surface area contributed by atoms with Crippen molar-refractivity contribution in [3.05, 3.63) is 53.3 Å². The lowest BCUT2D eigenvalue weighted by Gasteiger charge is -2.03. The van der Waals surface area contributed by atoms with Crippen LogP contribution in [0.4, 0.5) is 0 Å². The van der Waals surface area contributed by atoms with Gasteiger partial charge in [-0.15, -0.1) is 18.2 Å². The average Bonchev–Trinajstić information content (AvgIpc) is 3.03. The lowest BCUT2D eigenvalue weighted by atomic mass is 10.3. The van der Waals surface area contributed by atoms with Crippen molar-refractivity contribution in [2.24, 2.45) is 4.99 Å². The molecule has 27 heavy (non-hydrogen) atoms. The number of terminal acetylenes is 1. The highest BCUT2D eigenvalue weighted by Crippen LogP contribution is 2.22. The van der Waals surface area contributed by atoms with Crippen molar-refractivity contribution in [2.75, 3.05) is 12.9 Å². The van der Waals surface area contributed by atoms with E-state index in [1.807, 2.05) is 53.1 Å². The summed E-state index contributed by atoms with van der Waals surface area (Å²) >= 11 is 3.22. The van der Waals surface area contributed by atoms with Crippen molar-refractivity contribution >= 4 is 39.2 Å². The maximum atomic E-state index is 12.3. The zero-order chi connectivity index (χ0) is 19.1. The first kappa shape index (κ1) is 19.3. The molecule has 0 atom stereocenters. The van der Waals surface area contributed by atoms with E-state index >= 15 is 0 Å². The van der Waals surface area contributed by atoms with Crippen molar-refractivity contribution in [3.63, 3.8) is 0 Å². The summed E-state index contributed by atoms with van der Waals surface area (Å²) in [6.07, 6.45) is 6.68. The molecule has 0 unspecified atom stereocenters. The second-order valence-electron chi connectivity index (χ2n) is 5.78. The molecular weight excluding hydrogens is 376 g/mol. The van der Waals surface area contributed by atoms with Gasteiger partial charge >= 0.3 is 0 Å². The van der Waals surface area contributed by atoms with Gasteiger partial charge in [0.15, 0.2) is 4.80 Å². The van der Waals surface area contributed by atoms with Gasteiger partial charge in [-0.25, -0.2) is 0 Å². The van der Waals surface area contributed by atoms with Crippen LogP contribution in [0.5, 0.6) is 5.75 Å². The van der Waals surface area contributed by atoms with Crippen LogP contribution >= 0.6 is 23.1 Å². The molecule has 1 heterocycles. The number of aromatic nitrogens is 1. The Morgan fingerprint density at radius 2 is 2.04 bits per heavy atom. The zero-order valence-electron chi connectivity index (χ0n) is 15.1. The van der Waals surface area contributed by atoms with Gasteiger partial charge < -0.3 is 9.30 Å². The predicted molar refractivity (Wildman–Crippen MR) is 112 cm³/mol. The van der Waals surface area contributed by atoms with Crippen molar-refractivity contribution in [2.45, 2.75) is 24.3 Å². The fourth-order valence-electron chi connectivity index (χ4n) is 2.60. The lowest BCUT2D eigenvalue weighted by Crippen LogP contribution is -2.16. The first-order valence-corrected chi connectivity index (χ1v) is 10.4. The Hall–Kier alpha value is -2.49. The van der Waals surface area contributed by atoms with Crippen LogP contribution in [0.1, 0.15) is 12.8 Å². The smallest absolute Gasteiger partial charge is 0.248 e. The molecule has 0 aliphatic rings. The van der Waals surface area contributed by atoms with Crippen LogP contribution in [-0.4, -0.2) is 23.3 Å². The van der Waals surface area contributed by atoms with Gasteiger partial charge in [-0.2, -0.15) is 4.99 Å². The van der Waals surface area contributed by atoms with E-state index in [-0.39, 0.29) is 5.91 Å². The number of amides is 1. The van der Waals surface area contributed by atoms with E-state index in [2.05, 4.69) is 10.9 Å². The van der Waals surface area contributed by atoms with Crippen LogP contribution in [0.2, 0.25) is 0 Å². The van der Waals surface area contributed by atoms with E-state index in [4.69, 9.17) is 11.2 Å². The molecule has 0 aliphatic heterocycles. The quantitative estimate of drug-likeness (QED) is 0.339. The molecule has 0 bridgehead atoms. The summed E-state index contributed by atoms with van der Waals surface area (Å²) in [5.41, 5.74) is 1.02. The Balaban J connectivity index is 1.60. The van der Waals surface area contributed by atoms with E-state index in [1.165, 1.54) is 11.3 Å². The van der Waals surface area contributed by atoms with Gasteiger partial charge in [0.2, 0.25) is 5.91 Å². The van der Waals surface area contributed by atoms with Crippen LogP contribution < -0.4 is 9.54 Å².